The van der Waals surface area contributed by atoms with Gasteiger partial charge in [0.1, 0.15) is 29.1 Å². The van der Waals surface area contributed by atoms with Gasteiger partial charge in [-0.3, -0.25) is 19.6 Å². The molecule has 0 bridgehead atoms. The lowest BCUT2D eigenvalue weighted by Crippen LogP contribution is -2.49. The first-order chi connectivity index (χ1) is 10.3. The van der Waals surface area contributed by atoms with Crippen LogP contribution in [0.1, 0.15) is 18.5 Å². The van der Waals surface area contributed by atoms with Crippen LogP contribution in [-0.4, -0.2) is 28.0 Å². The van der Waals surface area contributed by atoms with Crippen LogP contribution in [0.3, 0.4) is 0 Å². The van der Waals surface area contributed by atoms with Crippen molar-refractivity contribution in [3.8, 4) is 5.75 Å². The van der Waals surface area contributed by atoms with E-state index in [-0.39, 0.29) is 15.9 Å². The largest absolute Gasteiger partial charge is 0.506 e. The van der Waals surface area contributed by atoms with Crippen LogP contribution in [0.2, 0.25) is 0 Å². The third-order valence-electron chi connectivity index (χ3n) is 3.22. The van der Waals surface area contributed by atoms with E-state index in [1.165, 1.54) is 18.2 Å². The molecule has 4 N–H and O–H groups in total. The van der Waals surface area contributed by atoms with Gasteiger partial charge in [-0.15, -0.1) is 0 Å². The highest BCUT2D eigenvalue weighted by Gasteiger charge is 2.40. The SMILES string of the molecule is CC(=O)C(c1c(=O)c2cccc(O)c2o[n+]1[O-])[C@H](N)C(=O)O. The molecule has 2 aromatic rings. The maximum absolute atomic E-state index is 12.4. The number of phenols is 1. The van der Waals surface area contributed by atoms with Gasteiger partial charge in [-0.1, -0.05) is 6.07 Å². The molecule has 0 saturated carbocycles. The number of nitrogens with zero attached hydrogens (tertiary/aromatic N) is 1. The molecule has 1 heterocycles. The number of Topliss-reactive ketones (excluding diaryl/α,β-unsaturated/α-hetero) is 1. The molecule has 0 fully saturated rings. The molecule has 116 valence electrons. The third kappa shape index (κ3) is 2.37. The zero-order chi connectivity index (χ0) is 16.6. The van der Waals surface area contributed by atoms with Crippen molar-refractivity contribution in [3.63, 3.8) is 0 Å². The highest BCUT2D eigenvalue weighted by molar-refractivity contribution is 5.91. The van der Waals surface area contributed by atoms with Crippen molar-refractivity contribution in [1.29, 1.82) is 0 Å². The number of aromatic hydroxyl groups is 1. The lowest BCUT2D eigenvalue weighted by atomic mass is 9.92. The monoisotopic (exact) mass is 308 g/mol. The van der Waals surface area contributed by atoms with Gasteiger partial charge in [0, 0.05) is 0 Å². The van der Waals surface area contributed by atoms with Crippen molar-refractivity contribution < 1.29 is 29.2 Å². The molecule has 0 spiro atoms. The number of hydrogen-bond donors (Lipinski definition) is 3. The summed E-state index contributed by atoms with van der Waals surface area (Å²) in [5, 5.41) is 30.3. The average molecular weight is 308 g/mol. The molecule has 0 radical (unpaired) electrons. The van der Waals surface area contributed by atoms with Gasteiger partial charge < -0.3 is 20.5 Å². The molecule has 1 aromatic heterocycles. The van der Waals surface area contributed by atoms with Crippen molar-refractivity contribution in [1.82, 2.24) is 0 Å². The summed E-state index contributed by atoms with van der Waals surface area (Å²) in [4.78, 5) is 34.8. The lowest BCUT2D eigenvalue weighted by molar-refractivity contribution is -0.800. The lowest BCUT2D eigenvalue weighted by Gasteiger charge is -2.15. The van der Waals surface area contributed by atoms with E-state index in [9.17, 15) is 24.7 Å². The number of nitrogens with two attached hydrogens (primary N) is 1. The number of phenolic OH excluding ortho intramolecular Hbond substituents is 1. The van der Waals surface area contributed by atoms with Crippen LogP contribution in [0.25, 0.3) is 11.0 Å². The van der Waals surface area contributed by atoms with Gasteiger partial charge in [0.25, 0.3) is 5.43 Å². The number of carboxylic acid groups (broad SMARTS) is 1. The Morgan fingerprint density at radius 1 is 1.41 bits per heavy atom. The zero-order valence-electron chi connectivity index (χ0n) is 11.3. The Labute approximate surface area is 122 Å². The molecule has 9 heteroatoms. The van der Waals surface area contributed by atoms with E-state index in [1.807, 2.05) is 0 Å². The first kappa shape index (κ1) is 15.4. The normalized spacial score (nSPS) is 13.7. The molecule has 2 atom stereocenters. The number of fused-ring (bicyclic) bond motifs is 1. The molecule has 9 nitrogen and oxygen atoms in total. The zero-order valence-corrected chi connectivity index (χ0v) is 11.3. The smallest absolute Gasteiger partial charge is 0.321 e. The number of carbonyl (C=O) groups is 2. The van der Waals surface area contributed by atoms with Crippen molar-refractivity contribution >= 4 is 22.7 Å². The maximum atomic E-state index is 12.4. The van der Waals surface area contributed by atoms with E-state index in [0.717, 1.165) is 6.92 Å². The first-order valence-corrected chi connectivity index (χ1v) is 6.13. The molecule has 22 heavy (non-hydrogen) atoms. The summed E-state index contributed by atoms with van der Waals surface area (Å²) in [5.74, 6) is -4.42. The van der Waals surface area contributed by atoms with E-state index in [2.05, 4.69) is 0 Å². The second-order valence-corrected chi connectivity index (χ2v) is 4.67. The van der Waals surface area contributed by atoms with Crippen LogP contribution in [0, 0.1) is 5.21 Å². The Morgan fingerprint density at radius 3 is 2.59 bits per heavy atom. The Bertz CT molecular complexity index is 827. The van der Waals surface area contributed by atoms with E-state index < -0.39 is 40.6 Å². The Morgan fingerprint density at radius 2 is 2.05 bits per heavy atom. The summed E-state index contributed by atoms with van der Waals surface area (Å²) in [7, 11) is 0. The van der Waals surface area contributed by atoms with E-state index >= 15 is 0 Å². The molecule has 2 rings (SSSR count). The summed E-state index contributed by atoms with van der Waals surface area (Å²) in [6, 6.07) is 2.04. The summed E-state index contributed by atoms with van der Waals surface area (Å²) >= 11 is 0. The fraction of sp³-hybridized carbons (Fsp3) is 0.231. The van der Waals surface area contributed by atoms with Crippen LogP contribution in [-0.2, 0) is 9.59 Å². The predicted molar refractivity (Wildman–Crippen MR) is 72.1 cm³/mol. The van der Waals surface area contributed by atoms with E-state index in [0.29, 0.717) is 0 Å². The molecule has 0 aliphatic carbocycles. The van der Waals surface area contributed by atoms with Crippen molar-refractivity contribution in [2.75, 3.05) is 0 Å². The molecular weight excluding hydrogens is 296 g/mol. The number of ketones is 1. The van der Waals surface area contributed by atoms with E-state index in [1.54, 1.807) is 0 Å². The van der Waals surface area contributed by atoms with Gasteiger partial charge in [0.2, 0.25) is 0 Å². The van der Waals surface area contributed by atoms with Gasteiger partial charge in [-0.25, -0.2) is 0 Å². The predicted octanol–water partition coefficient (Wildman–Crippen LogP) is -0.784. The number of carbonyl (C=O) groups excluding carboxylic acids is 1. The molecule has 1 unspecified atom stereocenters. The van der Waals surface area contributed by atoms with Gasteiger partial charge in [0.15, 0.2) is 0 Å². The second-order valence-electron chi connectivity index (χ2n) is 4.67. The third-order valence-corrected chi connectivity index (χ3v) is 3.22. The number of aromatic nitrogens is 1. The molecule has 0 saturated heterocycles. The Kier molecular flexibility index (Phi) is 3.83. The fourth-order valence-corrected chi connectivity index (χ4v) is 2.17. The molecule has 0 amide bonds. The van der Waals surface area contributed by atoms with Crippen molar-refractivity contribution in [2.24, 2.45) is 5.73 Å². The summed E-state index contributed by atoms with van der Waals surface area (Å²) < 4.78 is 4.78. The number of hydrogen-bond acceptors (Lipinski definition) is 7. The number of rotatable bonds is 4. The van der Waals surface area contributed by atoms with Crippen LogP contribution >= 0.6 is 0 Å². The van der Waals surface area contributed by atoms with Crippen LogP contribution in [0.4, 0.5) is 0 Å². The minimum Gasteiger partial charge on any atom is -0.506 e. The summed E-state index contributed by atoms with van der Waals surface area (Å²) in [5.41, 5.74) is 3.38. The van der Waals surface area contributed by atoms with Crippen LogP contribution < -0.4 is 16.1 Å². The first-order valence-electron chi connectivity index (χ1n) is 6.13. The fourth-order valence-electron chi connectivity index (χ4n) is 2.17. The maximum Gasteiger partial charge on any atom is 0.321 e. The number of carboxylic acids is 1. The van der Waals surface area contributed by atoms with Crippen molar-refractivity contribution in [2.45, 2.75) is 18.9 Å². The van der Waals surface area contributed by atoms with Gasteiger partial charge in [-0.05, 0) is 19.1 Å². The number of benzene rings is 1. The van der Waals surface area contributed by atoms with Gasteiger partial charge >= 0.3 is 11.7 Å². The van der Waals surface area contributed by atoms with Crippen LogP contribution in [0.15, 0.2) is 27.5 Å². The molecule has 0 aliphatic heterocycles. The molecule has 0 aliphatic rings. The summed E-state index contributed by atoms with van der Waals surface area (Å²) in [6.07, 6.45) is 0. The van der Waals surface area contributed by atoms with E-state index in [4.69, 9.17) is 15.4 Å². The minimum absolute atomic E-state index is 0.161. The summed E-state index contributed by atoms with van der Waals surface area (Å²) in [6.45, 7) is 1.01. The minimum atomic E-state index is -1.78. The highest BCUT2D eigenvalue weighted by Crippen LogP contribution is 2.23. The Balaban J connectivity index is 2.82. The van der Waals surface area contributed by atoms with Crippen LogP contribution in [0.5, 0.6) is 5.75 Å². The number of aliphatic carboxylic acids is 1. The van der Waals surface area contributed by atoms with Gasteiger partial charge in [-0.2, -0.15) is 0 Å². The number of para-hydroxylation sites is 1. The highest BCUT2D eigenvalue weighted by atomic mass is 16.7. The quantitative estimate of drug-likeness (QED) is 0.620. The molecule has 1 aromatic carbocycles. The van der Waals surface area contributed by atoms with Crippen molar-refractivity contribution in [3.05, 3.63) is 39.3 Å². The Hall–Kier alpha value is -2.94. The topological polar surface area (TPSA) is 158 Å². The van der Waals surface area contributed by atoms with Gasteiger partial charge in [0.05, 0.1) is 10.3 Å². The average Bonchev–Trinajstić information content (AvgIpc) is 2.43. The standard InChI is InChI=1S/C13H12N2O7/c1-5(16)8(9(14)13(19)20)10-11(18)6-3-2-4-7(17)12(6)22-15(10)21/h2-4,8-9,17H,14H2,1H3,(H,19,20)/t8?,9-/m0/s1. The molecular formula is C13H12N2O7. The second kappa shape index (κ2) is 5.45.